The third-order valence-electron chi connectivity index (χ3n) is 3.08. The average Bonchev–Trinajstić information content (AvgIpc) is 2.44. The van der Waals surface area contributed by atoms with E-state index in [1.807, 2.05) is 0 Å². The zero-order chi connectivity index (χ0) is 15.7. The van der Waals surface area contributed by atoms with Gasteiger partial charge in [-0.2, -0.15) is 0 Å². The van der Waals surface area contributed by atoms with Crippen LogP contribution in [-0.4, -0.2) is 30.3 Å². The Morgan fingerprint density at radius 3 is 2.67 bits per heavy atom. The van der Waals surface area contributed by atoms with Crippen LogP contribution in [0.25, 0.3) is 0 Å². The number of aromatic carboxylic acids is 1. The Balaban J connectivity index is 2.27. The summed E-state index contributed by atoms with van der Waals surface area (Å²) in [6.07, 6.45) is 1.93. The van der Waals surface area contributed by atoms with E-state index in [1.165, 1.54) is 0 Å². The second-order valence-electron chi connectivity index (χ2n) is 5.31. The van der Waals surface area contributed by atoms with Gasteiger partial charge in [0.05, 0.1) is 12.2 Å². The highest BCUT2D eigenvalue weighted by Gasteiger charge is 2.09. The predicted octanol–water partition coefficient (Wildman–Crippen LogP) is 3.09. The lowest BCUT2D eigenvalue weighted by Gasteiger charge is -2.09. The van der Waals surface area contributed by atoms with E-state index in [1.54, 1.807) is 24.3 Å². The number of carbonyl (C=O) groups excluding carboxylic acids is 1. The summed E-state index contributed by atoms with van der Waals surface area (Å²) in [6.45, 7) is 5.04. The number of alkyl carbamates (subject to hydrolysis) is 1. The summed E-state index contributed by atoms with van der Waals surface area (Å²) >= 11 is 0. The second-order valence-corrected chi connectivity index (χ2v) is 5.31. The molecule has 1 amide bonds. The van der Waals surface area contributed by atoms with Crippen molar-refractivity contribution in [3.8, 4) is 0 Å². The van der Waals surface area contributed by atoms with Gasteiger partial charge in [-0.15, -0.1) is 0 Å². The van der Waals surface area contributed by atoms with E-state index in [2.05, 4.69) is 19.2 Å². The lowest BCUT2D eigenvalue weighted by atomic mass is 10.1. The fourth-order valence-electron chi connectivity index (χ4n) is 1.95. The summed E-state index contributed by atoms with van der Waals surface area (Å²) in [5, 5.41) is 11.7. The molecule has 0 aromatic heterocycles. The van der Waals surface area contributed by atoms with E-state index in [0.717, 1.165) is 12.8 Å². The van der Waals surface area contributed by atoms with Crippen LogP contribution in [0.2, 0.25) is 0 Å². The minimum Gasteiger partial charge on any atom is -0.478 e. The van der Waals surface area contributed by atoms with Gasteiger partial charge < -0.3 is 15.2 Å². The molecule has 1 aromatic rings. The average molecular weight is 293 g/mol. The molecule has 0 saturated heterocycles. The molecule has 5 nitrogen and oxygen atoms in total. The maximum atomic E-state index is 11.4. The molecule has 0 aliphatic rings. The molecule has 0 bridgehead atoms. The lowest BCUT2D eigenvalue weighted by Crippen LogP contribution is -2.26. The molecular weight excluding hydrogens is 270 g/mol. The van der Waals surface area contributed by atoms with Crippen molar-refractivity contribution in [1.29, 1.82) is 0 Å². The number of nitrogens with one attached hydrogen (secondary N) is 1. The van der Waals surface area contributed by atoms with Gasteiger partial charge in [0.25, 0.3) is 0 Å². The van der Waals surface area contributed by atoms with Crippen molar-refractivity contribution in [2.45, 2.75) is 33.1 Å². The zero-order valence-electron chi connectivity index (χ0n) is 12.6. The van der Waals surface area contributed by atoms with Crippen LogP contribution in [0.1, 0.15) is 42.6 Å². The number of benzene rings is 1. The summed E-state index contributed by atoms with van der Waals surface area (Å²) in [4.78, 5) is 22.5. The summed E-state index contributed by atoms with van der Waals surface area (Å²) in [5.41, 5.74) is 0.913. The number of ether oxygens (including phenoxy) is 1. The van der Waals surface area contributed by atoms with Crippen LogP contribution in [0.3, 0.4) is 0 Å². The number of hydrogen-bond donors (Lipinski definition) is 2. The first-order chi connectivity index (χ1) is 10.0. The van der Waals surface area contributed by atoms with Gasteiger partial charge in [-0.1, -0.05) is 32.0 Å². The molecule has 0 unspecified atom stereocenters. The maximum absolute atomic E-state index is 11.4. The first kappa shape index (κ1) is 17.0. The molecule has 0 fully saturated rings. The number of hydrogen-bond acceptors (Lipinski definition) is 3. The largest absolute Gasteiger partial charge is 0.478 e. The molecule has 0 aliphatic heterocycles. The number of carboxylic acid groups (broad SMARTS) is 1. The third kappa shape index (κ3) is 6.79. The van der Waals surface area contributed by atoms with Crippen molar-refractivity contribution in [3.63, 3.8) is 0 Å². The highest BCUT2D eigenvalue weighted by atomic mass is 16.5. The van der Waals surface area contributed by atoms with Crippen molar-refractivity contribution >= 4 is 12.1 Å². The van der Waals surface area contributed by atoms with Gasteiger partial charge in [-0.3, -0.25) is 0 Å². The van der Waals surface area contributed by atoms with Crippen LogP contribution in [0.5, 0.6) is 0 Å². The Morgan fingerprint density at radius 2 is 2.00 bits per heavy atom. The molecule has 0 aliphatic carbocycles. The molecule has 0 saturated carbocycles. The van der Waals surface area contributed by atoms with Crippen molar-refractivity contribution in [2.75, 3.05) is 13.2 Å². The van der Waals surface area contributed by atoms with Crippen molar-refractivity contribution in [1.82, 2.24) is 5.32 Å². The minimum atomic E-state index is -0.969. The van der Waals surface area contributed by atoms with Crippen molar-refractivity contribution in [2.24, 2.45) is 5.92 Å². The zero-order valence-corrected chi connectivity index (χ0v) is 12.6. The first-order valence-corrected chi connectivity index (χ1v) is 7.22. The SMILES string of the molecule is CC(C)CCCNC(=O)OCCc1ccccc1C(=O)O. The quantitative estimate of drug-likeness (QED) is 0.722. The van der Waals surface area contributed by atoms with E-state index in [4.69, 9.17) is 9.84 Å². The van der Waals surface area contributed by atoms with Crippen molar-refractivity contribution < 1.29 is 19.4 Å². The molecule has 0 radical (unpaired) electrons. The molecule has 2 N–H and O–H groups in total. The number of amides is 1. The summed E-state index contributed by atoms with van der Waals surface area (Å²) in [7, 11) is 0. The molecule has 5 heteroatoms. The molecule has 0 spiro atoms. The predicted molar refractivity (Wildman–Crippen MR) is 80.5 cm³/mol. The third-order valence-corrected chi connectivity index (χ3v) is 3.08. The summed E-state index contributed by atoms with van der Waals surface area (Å²) in [5.74, 6) is -0.348. The molecular formula is C16H23NO4. The monoisotopic (exact) mass is 293 g/mol. The van der Waals surface area contributed by atoms with E-state index < -0.39 is 12.1 Å². The van der Waals surface area contributed by atoms with E-state index in [-0.39, 0.29) is 12.2 Å². The van der Waals surface area contributed by atoms with Crippen LogP contribution in [-0.2, 0) is 11.2 Å². The minimum absolute atomic E-state index is 0.167. The summed E-state index contributed by atoms with van der Waals surface area (Å²) < 4.78 is 5.04. The van der Waals surface area contributed by atoms with Gasteiger partial charge in [-0.25, -0.2) is 9.59 Å². The van der Waals surface area contributed by atoms with E-state index in [9.17, 15) is 9.59 Å². The highest BCUT2D eigenvalue weighted by Crippen LogP contribution is 2.09. The fraction of sp³-hybridized carbons (Fsp3) is 0.500. The van der Waals surface area contributed by atoms with E-state index in [0.29, 0.717) is 24.4 Å². The molecule has 1 aromatic carbocycles. The lowest BCUT2D eigenvalue weighted by molar-refractivity contribution is 0.0695. The van der Waals surface area contributed by atoms with Gasteiger partial charge in [0.15, 0.2) is 0 Å². The molecule has 0 heterocycles. The molecule has 21 heavy (non-hydrogen) atoms. The molecule has 0 atom stereocenters. The van der Waals surface area contributed by atoms with Gasteiger partial charge in [0, 0.05) is 13.0 Å². The Kier molecular flexibility index (Phi) is 7.29. The standard InChI is InChI=1S/C16H23NO4/c1-12(2)6-5-10-17-16(20)21-11-9-13-7-3-4-8-14(13)15(18)19/h3-4,7-8,12H,5-6,9-11H2,1-2H3,(H,17,20)(H,18,19). The van der Waals surface area contributed by atoms with Gasteiger partial charge >= 0.3 is 12.1 Å². The van der Waals surface area contributed by atoms with E-state index >= 15 is 0 Å². The van der Waals surface area contributed by atoms with Gasteiger partial charge in [0.1, 0.15) is 0 Å². The Morgan fingerprint density at radius 1 is 1.29 bits per heavy atom. The summed E-state index contributed by atoms with van der Waals surface area (Å²) in [6, 6.07) is 6.72. The second kappa shape index (κ2) is 9.00. The molecule has 116 valence electrons. The fourth-order valence-corrected chi connectivity index (χ4v) is 1.95. The van der Waals surface area contributed by atoms with Gasteiger partial charge in [0.2, 0.25) is 0 Å². The topological polar surface area (TPSA) is 75.6 Å². The molecule has 1 rings (SSSR count). The maximum Gasteiger partial charge on any atom is 0.407 e. The highest BCUT2D eigenvalue weighted by molar-refractivity contribution is 5.89. The van der Waals surface area contributed by atoms with Crippen LogP contribution >= 0.6 is 0 Å². The van der Waals surface area contributed by atoms with Crippen molar-refractivity contribution in [3.05, 3.63) is 35.4 Å². The Bertz CT molecular complexity index is 471. The Labute approximate surface area is 125 Å². The van der Waals surface area contributed by atoms with Gasteiger partial charge in [-0.05, 0) is 30.4 Å². The smallest absolute Gasteiger partial charge is 0.407 e. The number of carboxylic acids is 1. The van der Waals surface area contributed by atoms with Crippen LogP contribution in [0.15, 0.2) is 24.3 Å². The van der Waals surface area contributed by atoms with Crippen LogP contribution in [0.4, 0.5) is 4.79 Å². The number of rotatable bonds is 8. The van der Waals surface area contributed by atoms with Crippen LogP contribution in [0, 0.1) is 5.92 Å². The Hall–Kier alpha value is -2.04. The normalized spacial score (nSPS) is 10.4. The van der Waals surface area contributed by atoms with Crippen LogP contribution < -0.4 is 5.32 Å². The first-order valence-electron chi connectivity index (χ1n) is 7.22. The number of carbonyl (C=O) groups is 2.